The molecule has 0 saturated carbocycles. The van der Waals surface area contributed by atoms with Gasteiger partial charge in [0, 0.05) is 7.11 Å². The summed E-state index contributed by atoms with van der Waals surface area (Å²) in [6, 6.07) is 0. The molecule has 0 saturated heterocycles. The fourth-order valence-corrected chi connectivity index (χ4v) is 2.21. The van der Waals surface area contributed by atoms with Crippen molar-refractivity contribution in [3.8, 4) is 0 Å². The maximum Gasteiger partial charge on any atom is 0.246 e. The van der Waals surface area contributed by atoms with Crippen molar-refractivity contribution in [2.45, 2.75) is 83.3 Å². The van der Waals surface area contributed by atoms with E-state index in [0.29, 0.717) is 6.42 Å². The smallest absolute Gasteiger partial charge is 0.246 e. The molecule has 0 radical (unpaired) electrons. The molecule has 4 nitrogen and oxygen atoms in total. The summed E-state index contributed by atoms with van der Waals surface area (Å²) in [5, 5.41) is 9.79. The number of amides is 1. The molecule has 0 rings (SSSR count). The molecule has 0 spiro atoms. The zero-order valence-corrected chi connectivity index (χ0v) is 12.6. The molecular formula is C15H31NO3. The van der Waals surface area contributed by atoms with E-state index in [4.69, 9.17) is 10.5 Å². The molecule has 19 heavy (non-hydrogen) atoms. The number of aliphatic hydroxyl groups excluding tert-OH is 1. The van der Waals surface area contributed by atoms with Crippen LogP contribution in [0.1, 0.15) is 71.1 Å². The van der Waals surface area contributed by atoms with Crippen LogP contribution in [-0.2, 0) is 9.53 Å². The fourth-order valence-electron chi connectivity index (χ4n) is 2.21. The van der Waals surface area contributed by atoms with Gasteiger partial charge in [-0.05, 0) is 19.3 Å². The minimum Gasteiger partial charge on any atom is -0.393 e. The second kappa shape index (κ2) is 12.4. The van der Waals surface area contributed by atoms with Crippen LogP contribution >= 0.6 is 0 Å². The molecule has 0 aliphatic carbocycles. The molecule has 0 bridgehead atoms. The number of rotatable bonds is 13. The molecule has 0 heterocycles. The number of nitrogens with two attached hydrogens (primary N) is 1. The number of hydrogen-bond donors (Lipinski definition) is 2. The van der Waals surface area contributed by atoms with Gasteiger partial charge >= 0.3 is 0 Å². The molecule has 0 unspecified atom stereocenters. The Morgan fingerprint density at radius 1 is 1.05 bits per heavy atom. The summed E-state index contributed by atoms with van der Waals surface area (Å²) >= 11 is 0. The quantitative estimate of drug-likeness (QED) is 0.507. The summed E-state index contributed by atoms with van der Waals surface area (Å²) in [5.74, 6) is -0.390. The monoisotopic (exact) mass is 273 g/mol. The third kappa shape index (κ3) is 11.0. The Labute approximate surface area is 117 Å². The maximum absolute atomic E-state index is 10.9. The predicted octanol–water partition coefficient (Wildman–Crippen LogP) is 2.77. The lowest BCUT2D eigenvalue weighted by Gasteiger charge is -2.12. The summed E-state index contributed by atoms with van der Waals surface area (Å²) in [6.45, 7) is 2.19. The molecule has 114 valence electrons. The van der Waals surface area contributed by atoms with Gasteiger partial charge in [0.2, 0.25) is 5.91 Å². The average molecular weight is 273 g/mol. The highest BCUT2D eigenvalue weighted by atomic mass is 16.5. The molecule has 4 heteroatoms. The predicted molar refractivity (Wildman–Crippen MR) is 77.8 cm³/mol. The van der Waals surface area contributed by atoms with Crippen molar-refractivity contribution in [1.29, 1.82) is 0 Å². The van der Waals surface area contributed by atoms with Gasteiger partial charge < -0.3 is 15.6 Å². The minimum absolute atomic E-state index is 0.161. The topological polar surface area (TPSA) is 72.6 Å². The van der Waals surface area contributed by atoms with Gasteiger partial charge in [-0.3, -0.25) is 4.79 Å². The maximum atomic E-state index is 10.9. The second-order valence-electron chi connectivity index (χ2n) is 5.27. The molecule has 0 aromatic rings. The van der Waals surface area contributed by atoms with E-state index in [1.807, 2.05) is 0 Å². The van der Waals surface area contributed by atoms with Gasteiger partial charge in [0.05, 0.1) is 6.10 Å². The molecule has 0 aliphatic rings. The van der Waals surface area contributed by atoms with E-state index in [-0.39, 0.29) is 6.10 Å². The Kier molecular flexibility index (Phi) is 12.0. The van der Waals surface area contributed by atoms with E-state index in [1.165, 1.54) is 26.4 Å². The van der Waals surface area contributed by atoms with E-state index in [9.17, 15) is 9.90 Å². The Bertz CT molecular complexity index is 221. The Hall–Kier alpha value is -0.610. The summed E-state index contributed by atoms with van der Waals surface area (Å²) in [4.78, 5) is 10.9. The van der Waals surface area contributed by atoms with Crippen LogP contribution in [0.4, 0.5) is 0 Å². The van der Waals surface area contributed by atoms with Crippen LogP contribution in [0.25, 0.3) is 0 Å². The van der Waals surface area contributed by atoms with Gasteiger partial charge in [-0.2, -0.15) is 0 Å². The van der Waals surface area contributed by atoms with E-state index in [1.54, 1.807) is 0 Å². The lowest BCUT2D eigenvalue weighted by molar-refractivity contribution is -0.128. The van der Waals surface area contributed by atoms with Crippen molar-refractivity contribution in [3.05, 3.63) is 0 Å². The first-order chi connectivity index (χ1) is 9.11. The van der Waals surface area contributed by atoms with Crippen molar-refractivity contribution in [2.24, 2.45) is 5.73 Å². The van der Waals surface area contributed by atoms with E-state index >= 15 is 0 Å². The zero-order valence-electron chi connectivity index (χ0n) is 12.6. The number of carbonyl (C=O) groups excluding carboxylic acids is 1. The highest BCUT2D eigenvalue weighted by Crippen LogP contribution is 2.13. The molecular weight excluding hydrogens is 242 g/mol. The lowest BCUT2D eigenvalue weighted by atomic mass is 10.0. The molecule has 0 aliphatic heterocycles. The third-order valence-corrected chi connectivity index (χ3v) is 3.50. The highest BCUT2D eigenvalue weighted by molar-refractivity contribution is 5.78. The van der Waals surface area contributed by atoms with Crippen molar-refractivity contribution >= 4 is 5.91 Å². The Morgan fingerprint density at radius 3 is 2.05 bits per heavy atom. The number of primary amides is 1. The Balaban J connectivity index is 3.40. The first-order valence-corrected chi connectivity index (χ1v) is 7.62. The van der Waals surface area contributed by atoms with Crippen LogP contribution in [0.15, 0.2) is 0 Å². The van der Waals surface area contributed by atoms with Crippen molar-refractivity contribution < 1.29 is 14.6 Å². The van der Waals surface area contributed by atoms with E-state index in [2.05, 4.69) is 6.92 Å². The summed E-state index contributed by atoms with van der Waals surface area (Å²) < 4.78 is 4.99. The number of aliphatic hydroxyl groups is 1. The van der Waals surface area contributed by atoms with Crippen molar-refractivity contribution in [2.75, 3.05) is 7.11 Å². The number of unbranched alkanes of at least 4 members (excludes halogenated alkanes) is 5. The van der Waals surface area contributed by atoms with Crippen molar-refractivity contribution in [1.82, 2.24) is 0 Å². The van der Waals surface area contributed by atoms with Crippen LogP contribution in [0.3, 0.4) is 0 Å². The molecule has 0 aromatic heterocycles. The van der Waals surface area contributed by atoms with Gasteiger partial charge in [0.1, 0.15) is 6.10 Å². The highest BCUT2D eigenvalue weighted by Gasteiger charge is 2.13. The SMILES string of the molecule is CCCCCC[C@@H](O)CCCCC[C@@H](OC)C(N)=O. The molecule has 0 fully saturated rings. The number of ether oxygens (including phenoxy) is 1. The number of carbonyl (C=O) groups is 1. The average Bonchev–Trinajstić information content (AvgIpc) is 2.38. The zero-order chi connectivity index (χ0) is 14.5. The van der Waals surface area contributed by atoms with Crippen molar-refractivity contribution in [3.63, 3.8) is 0 Å². The van der Waals surface area contributed by atoms with Crippen LogP contribution in [0.5, 0.6) is 0 Å². The van der Waals surface area contributed by atoms with Crippen LogP contribution in [-0.4, -0.2) is 30.3 Å². The van der Waals surface area contributed by atoms with Crippen LogP contribution < -0.4 is 5.73 Å². The molecule has 0 aromatic carbocycles. The molecule has 2 atom stereocenters. The first-order valence-electron chi connectivity index (χ1n) is 7.62. The third-order valence-electron chi connectivity index (χ3n) is 3.50. The van der Waals surface area contributed by atoms with Gasteiger partial charge in [0.15, 0.2) is 0 Å². The van der Waals surface area contributed by atoms with Crippen LogP contribution in [0, 0.1) is 0 Å². The van der Waals surface area contributed by atoms with E-state index in [0.717, 1.165) is 38.5 Å². The normalized spacial score (nSPS) is 14.3. The largest absolute Gasteiger partial charge is 0.393 e. The Morgan fingerprint density at radius 2 is 1.58 bits per heavy atom. The standard InChI is InChI=1S/C15H31NO3/c1-3-4-5-7-10-13(17)11-8-6-9-12-14(19-2)15(16)18/h13-14,17H,3-12H2,1-2H3,(H2,16,18)/t13-,14-/m1/s1. The van der Waals surface area contributed by atoms with Gasteiger partial charge in [0.25, 0.3) is 0 Å². The number of methoxy groups -OCH3 is 1. The molecule has 1 amide bonds. The fraction of sp³-hybridized carbons (Fsp3) is 0.933. The van der Waals surface area contributed by atoms with Gasteiger partial charge in [-0.15, -0.1) is 0 Å². The summed E-state index contributed by atoms with van der Waals surface area (Å²) in [5.41, 5.74) is 5.19. The first kappa shape index (κ1) is 18.4. The summed E-state index contributed by atoms with van der Waals surface area (Å²) in [6.07, 6.45) is 9.62. The van der Waals surface area contributed by atoms with Crippen LogP contribution in [0.2, 0.25) is 0 Å². The van der Waals surface area contributed by atoms with Gasteiger partial charge in [-0.25, -0.2) is 0 Å². The minimum atomic E-state index is -0.459. The lowest BCUT2D eigenvalue weighted by Crippen LogP contribution is -2.30. The summed E-state index contributed by atoms with van der Waals surface area (Å²) in [7, 11) is 1.51. The number of hydrogen-bond acceptors (Lipinski definition) is 3. The van der Waals surface area contributed by atoms with Gasteiger partial charge in [-0.1, -0.05) is 51.9 Å². The molecule has 3 N–H and O–H groups in total. The second-order valence-corrected chi connectivity index (χ2v) is 5.27. The van der Waals surface area contributed by atoms with E-state index < -0.39 is 12.0 Å².